The number of hydrogen-bond acceptors (Lipinski definition) is 5. The largest absolute Gasteiger partial charge is 0.371 e. The second-order valence-electron chi connectivity index (χ2n) is 10.5. The second-order valence-corrected chi connectivity index (χ2v) is 13.3. The number of carbonyl (C=O) groups is 1. The van der Waals surface area contributed by atoms with Crippen LogP contribution in [0.25, 0.3) is 0 Å². The van der Waals surface area contributed by atoms with Gasteiger partial charge >= 0.3 is 0 Å². The highest BCUT2D eigenvalue weighted by Crippen LogP contribution is 2.35. The van der Waals surface area contributed by atoms with Crippen molar-refractivity contribution in [2.75, 3.05) is 38.1 Å². The highest BCUT2D eigenvalue weighted by Gasteiger charge is 2.47. The van der Waals surface area contributed by atoms with Crippen LogP contribution in [0.15, 0.2) is 57.9 Å². The highest BCUT2D eigenvalue weighted by molar-refractivity contribution is 9.10. The third-order valence-electron chi connectivity index (χ3n) is 6.92. The zero-order valence-electron chi connectivity index (χ0n) is 21.2. The maximum absolute atomic E-state index is 13.8. The Labute approximate surface area is 223 Å². The molecule has 0 saturated carbocycles. The number of ether oxygens (including phenoxy) is 1. The maximum Gasteiger partial charge on any atom is 0.243 e. The van der Waals surface area contributed by atoms with Crippen molar-refractivity contribution in [2.45, 2.75) is 56.6 Å². The van der Waals surface area contributed by atoms with Gasteiger partial charge in [0.2, 0.25) is 15.9 Å². The third-order valence-corrected chi connectivity index (χ3v) is 9.36. The van der Waals surface area contributed by atoms with Crippen LogP contribution in [0.2, 0.25) is 0 Å². The van der Waals surface area contributed by atoms with E-state index in [4.69, 9.17) is 4.74 Å². The van der Waals surface area contributed by atoms with Crippen LogP contribution in [0.3, 0.4) is 0 Å². The van der Waals surface area contributed by atoms with E-state index < -0.39 is 15.6 Å². The second kappa shape index (κ2) is 11.3. The van der Waals surface area contributed by atoms with Crippen LogP contribution in [0.1, 0.15) is 38.7 Å². The van der Waals surface area contributed by atoms with Crippen molar-refractivity contribution in [2.24, 2.45) is 5.92 Å². The minimum absolute atomic E-state index is 0.0907. The van der Waals surface area contributed by atoms with Gasteiger partial charge in [-0.05, 0) is 75.0 Å². The Bertz CT molecular complexity index is 1150. The zero-order valence-corrected chi connectivity index (χ0v) is 23.6. The Balaban J connectivity index is 1.49. The van der Waals surface area contributed by atoms with Gasteiger partial charge in [0.25, 0.3) is 0 Å². The smallest absolute Gasteiger partial charge is 0.243 e. The summed E-state index contributed by atoms with van der Waals surface area (Å²) in [6, 6.07) is 14.3. The summed E-state index contributed by atoms with van der Waals surface area (Å²) in [5.41, 5.74) is 1.15. The van der Waals surface area contributed by atoms with E-state index in [1.165, 1.54) is 0 Å². The lowest BCUT2D eigenvalue weighted by atomic mass is 9.89. The number of likely N-dealkylation sites (tertiary alicyclic amines) is 1. The van der Waals surface area contributed by atoms with Gasteiger partial charge in [0.15, 0.2) is 0 Å². The number of benzene rings is 2. The molecule has 2 saturated heterocycles. The molecule has 0 aromatic heterocycles. The van der Waals surface area contributed by atoms with Crippen molar-refractivity contribution in [1.82, 2.24) is 9.21 Å². The Morgan fingerprint density at radius 3 is 2.50 bits per heavy atom. The number of piperidine rings is 1. The summed E-state index contributed by atoms with van der Waals surface area (Å²) in [6.07, 6.45) is 2.35. The summed E-state index contributed by atoms with van der Waals surface area (Å²) in [4.78, 5) is 15.1. The first kappa shape index (κ1) is 27.3. The summed E-state index contributed by atoms with van der Waals surface area (Å²) in [6.45, 7) is 8.36. The van der Waals surface area contributed by atoms with E-state index in [1.807, 2.05) is 43.3 Å². The van der Waals surface area contributed by atoms with Gasteiger partial charge < -0.3 is 10.1 Å². The van der Waals surface area contributed by atoms with Gasteiger partial charge in [-0.2, -0.15) is 4.31 Å². The van der Waals surface area contributed by atoms with Gasteiger partial charge in [-0.3, -0.25) is 9.69 Å². The molecule has 0 radical (unpaired) electrons. The lowest BCUT2D eigenvalue weighted by Crippen LogP contribution is -2.64. The van der Waals surface area contributed by atoms with E-state index in [0.717, 1.165) is 41.5 Å². The third kappa shape index (κ3) is 6.55. The van der Waals surface area contributed by atoms with Crippen molar-refractivity contribution >= 4 is 37.5 Å². The first-order chi connectivity index (χ1) is 17.1. The number of carbonyl (C=O) groups excluding carboxylic acids is 1. The molecule has 7 nitrogen and oxygen atoms in total. The minimum Gasteiger partial charge on any atom is -0.371 e. The van der Waals surface area contributed by atoms with Gasteiger partial charge in [-0.25, -0.2) is 8.42 Å². The number of amides is 1. The molecule has 2 aromatic carbocycles. The number of aryl methyl sites for hydroxylation is 1. The average Bonchev–Trinajstić information content (AvgIpc) is 2.82. The molecule has 196 valence electrons. The number of morpholine rings is 1. The molecule has 1 spiro atoms. The van der Waals surface area contributed by atoms with Crippen LogP contribution in [0, 0.1) is 12.8 Å². The van der Waals surface area contributed by atoms with Crippen LogP contribution in [-0.4, -0.2) is 68.0 Å². The van der Waals surface area contributed by atoms with Crippen LogP contribution < -0.4 is 5.32 Å². The monoisotopic (exact) mass is 577 g/mol. The normalized spacial score (nSPS) is 23.8. The fourth-order valence-corrected chi connectivity index (χ4v) is 7.14. The molecule has 2 aromatic rings. The number of anilines is 1. The van der Waals surface area contributed by atoms with Crippen LogP contribution in [-0.2, 0) is 19.6 Å². The van der Waals surface area contributed by atoms with E-state index in [0.29, 0.717) is 30.5 Å². The van der Waals surface area contributed by atoms with Crippen LogP contribution >= 0.6 is 15.9 Å². The molecule has 2 fully saturated rings. The topological polar surface area (TPSA) is 79.0 Å². The summed E-state index contributed by atoms with van der Waals surface area (Å²) < 4.78 is 36.7. The number of rotatable bonds is 7. The molecule has 4 rings (SSSR count). The lowest BCUT2D eigenvalue weighted by molar-refractivity contribution is -0.146. The minimum atomic E-state index is -3.68. The fraction of sp³-hybridized carbons (Fsp3) is 0.519. The molecule has 0 unspecified atom stereocenters. The van der Waals surface area contributed by atoms with E-state index in [1.54, 1.807) is 16.4 Å². The molecule has 1 N–H and O–H groups in total. The Kier molecular flexibility index (Phi) is 8.56. The molecule has 2 aliphatic heterocycles. The number of nitrogens with one attached hydrogen (secondary N) is 1. The van der Waals surface area contributed by atoms with Gasteiger partial charge in [0, 0.05) is 29.3 Å². The molecule has 2 heterocycles. The SMILES string of the molecule is Cc1ccc(S(=O)(=O)N2C[C@]3(CCCN(CC(=O)Nc4ccc(Br)cc4)C3)OC[C@@H]2CC(C)C)cc1. The maximum atomic E-state index is 13.8. The van der Waals surface area contributed by atoms with Gasteiger partial charge in [-0.1, -0.05) is 47.5 Å². The van der Waals surface area contributed by atoms with Crippen molar-refractivity contribution in [3.8, 4) is 0 Å². The predicted octanol–water partition coefficient (Wildman–Crippen LogP) is 4.67. The van der Waals surface area contributed by atoms with E-state index in [2.05, 4.69) is 40.0 Å². The Hall–Kier alpha value is -1.78. The fourth-order valence-electron chi connectivity index (χ4n) is 5.18. The first-order valence-electron chi connectivity index (χ1n) is 12.6. The standard InChI is InChI=1S/C27H36BrN3O4S/c1-20(2)15-24-17-35-27(19-31(24)36(33,34)25-11-5-21(3)6-12-25)13-4-14-30(18-27)16-26(32)29-23-9-7-22(28)8-10-23/h5-12,20,24H,4,13-19H2,1-3H3,(H,29,32)/t24-,27+/m0/s1. The van der Waals surface area contributed by atoms with Crippen LogP contribution in [0.5, 0.6) is 0 Å². The van der Waals surface area contributed by atoms with Crippen LogP contribution in [0.4, 0.5) is 5.69 Å². The van der Waals surface area contributed by atoms with Crippen molar-refractivity contribution in [3.05, 3.63) is 58.6 Å². The zero-order chi connectivity index (χ0) is 25.9. The molecular formula is C27H36BrN3O4S. The Morgan fingerprint density at radius 2 is 1.83 bits per heavy atom. The quantitative estimate of drug-likeness (QED) is 0.517. The molecule has 1 amide bonds. The average molecular weight is 579 g/mol. The highest BCUT2D eigenvalue weighted by atomic mass is 79.9. The predicted molar refractivity (Wildman–Crippen MR) is 145 cm³/mol. The molecule has 2 aliphatic rings. The molecule has 2 atom stereocenters. The number of halogens is 1. The van der Waals surface area contributed by atoms with E-state index in [9.17, 15) is 13.2 Å². The summed E-state index contributed by atoms with van der Waals surface area (Å²) in [7, 11) is -3.68. The van der Waals surface area contributed by atoms with Gasteiger partial charge in [-0.15, -0.1) is 0 Å². The van der Waals surface area contributed by atoms with Gasteiger partial charge in [0.05, 0.1) is 23.6 Å². The Morgan fingerprint density at radius 1 is 1.14 bits per heavy atom. The lowest BCUT2D eigenvalue weighted by Gasteiger charge is -2.50. The molecule has 36 heavy (non-hydrogen) atoms. The van der Waals surface area contributed by atoms with Crippen molar-refractivity contribution in [1.29, 1.82) is 0 Å². The number of nitrogens with zero attached hydrogens (tertiary/aromatic N) is 2. The van der Waals surface area contributed by atoms with Crippen molar-refractivity contribution in [3.63, 3.8) is 0 Å². The first-order valence-corrected chi connectivity index (χ1v) is 14.8. The van der Waals surface area contributed by atoms with Crippen molar-refractivity contribution < 1.29 is 17.9 Å². The molecule has 9 heteroatoms. The molecule has 0 bridgehead atoms. The molecular weight excluding hydrogens is 542 g/mol. The van der Waals surface area contributed by atoms with E-state index >= 15 is 0 Å². The molecule has 0 aliphatic carbocycles. The summed E-state index contributed by atoms with van der Waals surface area (Å²) >= 11 is 3.40. The summed E-state index contributed by atoms with van der Waals surface area (Å²) in [5, 5.41) is 2.95. The number of sulfonamides is 1. The number of hydrogen-bond donors (Lipinski definition) is 1. The van der Waals surface area contributed by atoms with Gasteiger partial charge in [0.1, 0.15) is 0 Å². The van der Waals surface area contributed by atoms with E-state index in [-0.39, 0.29) is 18.5 Å². The summed E-state index contributed by atoms with van der Waals surface area (Å²) in [5.74, 6) is 0.250.